The van der Waals surface area contributed by atoms with E-state index in [1.807, 2.05) is 64.8 Å². The minimum absolute atomic E-state index is 0.00968. The number of benzene rings is 2. The van der Waals surface area contributed by atoms with E-state index in [1.54, 1.807) is 0 Å². The van der Waals surface area contributed by atoms with E-state index < -0.39 is 0 Å². The lowest BCUT2D eigenvalue weighted by Gasteiger charge is -2.20. The van der Waals surface area contributed by atoms with Gasteiger partial charge in [0.2, 0.25) is 0 Å². The van der Waals surface area contributed by atoms with Crippen molar-refractivity contribution in [1.29, 1.82) is 0 Å². The van der Waals surface area contributed by atoms with Gasteiger partial charge in [-0.15, -0.1) is 11.3 Å². The predicted molar refractivity (Wildman–Crippen MR) is 136 cm³/mol. The number of nitrogens with one attached hydrogen (secondary N) is 2. The Morgan fingerprint density at radius 1 is 1.21 bits per heavy atom. The molecule has 0 radical (unpaired) electrons. The number of anilines is 2. The zero-order chi connectivity index (χ0) is 22.9. The van der Waals surface area contributed by atoms with Crippen LogP contribution >= 0.6 is 22.9 Å². The summed E-state index contributed by atoms with van der Waals surface area (Å²) in [4.78, 5) is 15.9. The summed E-state index contributed by atoms with van der Waals surface area (Å²) in [5.41, 5.74) is 3.67. The quantitative estimate of drug-likeness (QED) is 0.372. The van der Waals surface area contributed by atoms with Crippen molar-refractivity contribution in [2.24, 2.45) is 0 Å². The van der Waals surface area contributed by atoms with E-state index in [2.05, 4.69) is 34.5 Å². The molecule has 1 fully saturated rings. The number of hydrogen-bond donors (Lipinski definition) is 2. The molecule has 0 bridgehead atoms. The molecular formula is C25H26ClN5OS. The van der Waals surface area contributed by atoms with Gasteiger partial charge in [-0.2, -0.15) is 5.10 Å². The summed E-state index contributed by atoms with van der Waals surface area (Å²) in [7, 11) is 0. The van der Waals surface area contributed by atoms with Crippen molar-refractivity contribution in [2.45, 2.75) is 32.4 Å². The van der Waals surface area contributed by atoms with Crippen molar-refractivity contribution in [3.8, 4) is 5.69 Å². The summed E-state index contributed by atoms with van der Waals surface area (Å²) >= 11 is 7.71. The van der Waals surface area contributed by atoms with Crippen molar-refractivity contribution < 1.29 is 4.79 Å². The molecule has 0 saturated carbocycles. The van der Waals surface area contributed by atoms with Crippen molar-refractivity contribution in [1.82, 2.24) is 20.0 Å². The molecule has 1 aliphatic rings. The summed E-state index contributed by atoms with van der Waals surface area (Å²) in [6.45, 7) is 6.33. The molecule has 3 heterocycles. The molecule has 0 unspecified atom stereocenters. The number of halogens is 1. The van der Waals surface area contributed by atoms with Crippen LogP contribution in [0.25, 0.3) is 16.6 Å². The van der Waals surface area contributed by atoms with E-state index in [4.69, 9.17) is 11.6 Å². The molecule has 0 spiro atoms. The van der Waals surface area contributed by atoms with E-state index >= 15 is 0 Å². The normalized spacial score (nSPS) is 16.5. The monoisotopic (exact) mass is 479 g/mol. The standard InChI is InChI=1S/C25H26ClN5OS/c1-16(2)30-10-9-19(14-30)29-25(32)24-12-20(15-33-24)31-23-8-7-18(11-17(23)13-27-31)28-22-6-4-3-5-21(22)26/h3-8,11-13,15-16,19,28H,9-10,14H2,1-2H3,(H,29,32)/t19-/m1/s1. The number of para-hydroxylation sites is 1. The van der Waals surface area contributed by atoms with Gasteiger partial charge in [0.1, 0.15) is 0 Å². The van der Waals surface area contributed by atoms with Gasteiger partial charge >= 0.3 is 0 Å². The van der Waals surface area contributed by atoms with Gasteiger partial charge in [-0.3, -0.25) is 9.69 Å². The molecule has 2 N–H and O–H groups in total. The second kappa shape index (κ2) is 9.17. The van der Waals surface area contributed by atoms with Crippen LogP contribution in [0.2, 0.25) is 5.02 Å². The van der Waals surface area contributed by atoms with Crippen LogP contribution in [0.1, 0.15) is 29.9 Å². The number of amides is 1. The Hall–Kier alpha value is -2.87. The van der Waals surface area contributed by atoms with Crippen LogP contribution in [0.4, 0.5) is 11.4 Å². The first-order valence-electron chi connectivity index (χ1n) is 11.1. The van der Waals surface area contributed by atoms with Gasteiger partial charge in [0.15, 0.2) is 0 Å². The first kappa shape index (κ1) is 21.9. The Kier molecular flexibility index (Phi) is 6.10. The number of fused-ring (bicyclic) bond motifs is 1. The average molecular weight is 480 g/mol. The lowest BCUT2D eigenvalue weighted by molar-refractivity contribution is 0.0941. The van der Waals surface area contributed by atoms with Crippen molar-refractivity contribution in [3.05, 3.63) is 70.0 Å². The number of rotatable bonds is 6. The van der Waals surface area contributed by atoms with Crippen LogP contribution in [0, 0.1) is 0 Å². The highest BCUT2D eigenvalue weighted by molar-refractivity contribution is 7.12. The van der Waals surface area contributed by atoms with Gasteiger partial charge in [-0.05, 0) is 56.7 Å². The topological polar surface area (TPSA) is 62.2 Å². The fourth-order valence-corrected chi connectivity index (χ4v) is 5.17. The van der Waals surface area contributed by atoms with Crippen LogP contribution in [-0.4, -0.2) is 45.8 Å². The Labute approximate surface area is 202 Å². The van der Waals surface area contributed by atoms with Gasteiger partial charge < -0.3 is 10.6 Å². The molecule has 1 aliphatic heterocycles. The molecule has 170 valence electrons. The molecule has 0 aliphatic carbocycles. The fourth-order valence-electron chi connectivity index (χ4n) is 4.22. The van der Waals surface area contributed by atoms with Gasteiger partial charge in [0.25, 0.3) is 5.91 Å². The Balaban J connectivity index is 1.31. The molecule has 6 nitrogen and oxygen atoms in total. The van der Waals surface area contributed by atoms with E-state index in [0.717, 1.165) is 47.5 Å². The number of carbonyl (C=O) groups excluding carboxylic acids is 1. The molecule has 5 rings (SSSR count). The zero-order valence-corrected chi connectivity index (χ0v) is 20.2. The number of likely N-dealkylation sites (tertiary alicyclic amines) is 1. The first-order valence-corrected chi connectivity index (χ1v) is 12.4. The Morgan fingerprint density at radius 3 is 2.85 bits per heavy atom. The molecule has 1 atom stereocenters. The maximum atomic E-state index is 12.8. The van der Waals surface area contributed by atoms with Gasteiger partial charge in [0.05, 0.1) is 33.0 Å². The lowest BCUT2D eigenvalue weighted by Crippen LogP contribution is -2.38. The fraction of sp³-hybridized carbons (Fsp3) is 0.280. The molecule has 2 aromatic heterocycles. The van der Waals surface area contributed by atoms with Crippen molar-refractivity contribution in [3.63, 3.8) is 0 Å². The van der Waals surface area contributed by atoms with Gasteiger partial charge in [0, 0.05) is 41.6 Å². The average Bonchev–Trinajstić information content (AvgIpc) is 3.54. The third-order valence-electron chi connectivity index (χ3n) is 6.06. The van der Waals surface area contributed by atoms with E-state index in [0.29, 0.717) is 15.9 Å². The Bertz CT molecular complexity index is 1300. The SMILES string of the molecule is CC(C)N1CC[C@@H](NC(=O)c2cc(-n3ncc4cc(Nc5ccccc5Cl)ccc43)cs2)C1. The molecule has 8 heteroatoms. The predicted octanol–water partition coefficient (Wildman–Crippen LogP) is 5.70. The minimum Gasteiger partial charge on any atom is -0.354 e. The maximum absolute atomic E-state index is 12.8. The maximum Gasteiger partial charge on any atom is 0.261 e. The zero-order valence-electron chi connectivity index (χ0n) is 18.6. The highest BCUT2D eigenvalue weighted by atomic mass is 35.5. The molecule has 1 saturated heterocycles. The summed E-state index contributed by atoms with van der Waals surface area (Å²) in [5, 5.41) is 14.8. The summed E-state index contributed by atoms with van der Waals surface area (Å²) in [6, 6.07) is 16.4. The number of nitrogens with zero attached hydrogens (tertiary/aromatic N) is 3. The highest BCUT2D eigenvalue weighted by Gasteiger charge is 2.26. The molecule has 1 amide bonds. The number of carbonyl (C=O) groups is 1. The van der Waals surface area contributed by atoms with Crippen molar-refractivity contribution >= 4 is 51.1 Å². The Morgan fingerprint density at radius 2 is 2.06 bits per heavy atom. The number of thiophene rings is 1. The second-order valence-electron chi connectivity index (χ2n) is 8.65. The van der Waals surface area contributed by atoms with Gasteiger partial charge in [-0.25, -0.2) is 4.68 Å². The van der Waals surface area contributed by atoms with Crippen LogP contribution in [0.3, 0.4) is 0 Å². The van der Waals surface area contributed by atoms with Crippen LogP contribution in [0.5, 0.6) is 0 Å². The smallest absolute Gasteiger partial charge is 0.261 e. The van der Waals surface area contributed by atoms with E-state index in [1.165, 1.54) is 11.3 Å². The molecule has 2 aromatic carbocycles. The third-order valence-corrected chi connectivity index (χ3v) is 7.31. The summed E-state index contributed by atoms with van der Waals surface area (Å²) in [6.07, 6.45) is 2.83. The second-order valence-corrected chi connectivity index (χ2v) is 9.97. The minimum atomic E-state index is -0.00968. The molecular weight excluding hydrogens is 454 g/mol. The third kappa shape index (κ3) is 4.62. The van der Waals surface area contributed by atoms with Crippen molar-refractivity contribution in [2.75, 3.05) is 18.4 Å². The van der Waals surface area contributed by atoms with Gasteiger partial charge in [-0.1, -0.05) is 23.7 Å². The van der Waals surface area contributed by atoms with Crippen LogP contribution in [0.15, 0.2) is 60.1 Å². The first-order chi connectivity index (χ1) is 16.0. The summed E-state index contributed by atoms with van der Waals surface area (Å²) in [5.74, 6) is -0.00968. The number of hydrogen-bond acceptors (Lipinski definition) is 5. The van der Waals surface area contributed by atoms with Crippen LogP contribution < -0.4 is 10.6 Å². The highest BCUT2D eigenvalue weighted by Crippen LogP contribution is 2.29. The lowest BCUT2D eigenvalue weighted by atomic mass is 10.2. The summed E-state index contributed by atoms with van der Waals surface area (Å²) < 4.78 is 1.87. The molecule has 4 aromatic rings. The number of aromatic nitrogens is 2. The largest absolute Gasteiger partial charge is 0.354 e. The molecule has 33 heavy (non-hydrogen) atoms. The van der Waals surface area contributed by atoms with E-state index in [-0.39, 0.29) is 11.9 Å². The van der Waals surface area contributed by atoms with Crippen LogP contribution in [-0.2, 0) is 0 Å². The van der Waals surface area contributed by atoms with E-state index in [9.17, 15) is 4.79 Å².